The van der Waals surface area contributed by atoms with Gasteiger partial charge in [0.05, 0.1) is 12.6 Å². The molecule has 3 aromatic rings. The van der Waals surface area contributed by atoms with Gasteiger partial charge in [0.1, 0.15) is 5.75 Å². The maximum atomic E-state index is 5.38. The van der Waals surface area contributed by atoms with Gasteiger partial charge < -0.3 is 4.74 Å². The Hall–Kier alpha value is -2.35. The van der Waals surface area contributed by atoms with Crippen molar-refractivity contribution in [2.45, 2.75) is 0 Å². The van der Waals surface area contributed by atoms with Crippen LogP contribution in [0.2, 0.25) is 0 Å². The quantitative estimate of drug-likeness (QED) is 0.671. The molecule has 0 saturated carbocycles. The molecule has 2 aromatic carbocycles. The van der Waals surface area contributed by atoms with E-state index in [9.17, 15) is 0 Å². The fourth-order valence-electron chi connectivity index (χ4n) is 2.10. The molecule has 0 bridgehead atoms. The molecule has 0 unspecified atom stereocenters. The van der Waals surface area contributed by atoms with Gasteiger partial charge in [0, 0.05) is 22.7 Å². The first-order valence-electron chi connectivity index (χ1n) is 5.86. The van der Waals surface area contributed by atoms with Crippen LogP contribution in [0.15, 0.2) is 60.8 Å². The zero-order valence-electron chi connectivity index (χ0n) is 10.1. The molecule has 2 heteroatoms. The third-order valence-corrected chi connectivity index (χ3v) is 3.01. The normalized spacial score (nSPS) is 10.5. The maximum absolute atomic E-state index is 5.38. The highest BCUT2D eigenvalue weighted by Crippen LogP contribution is 2.30. The largest absolute Gasteiger partial charge is 0.496 e. The summed E-state index contributed by atoms with van der Waals surface area (Å²) in [5.74, 6) is 0.870. The number of methoxy groups -OCH3 is 1. The summed E-state index contributed by atoms with van der Waals surface area (Å²) in [6, 6.07) is 18.2. The number of hydrogen-bond donors (Lipinski definition) is 0. The van der Waals surface area contributed by atoms with E-state index in [2.05, 4.69) is 17.1 Å². The number of benzene rings is 2. The first-order chi connectivity index (χ1) is 8.88. The molecule has 88 valence electrons. The van der Waals surface area contributed by atoms with Gasteiger partial charge in [-0.15, -0.1) is 0 Å². The van der Waals surface area contributed by atoms with Crippen LogP contribution in [0.4, 0.5) is 0 Å². The summed E-state index contributed by atoms with van der Waals surface area (Å²) in [5.41, 5.74) is 3.15. The Morgan fingerprint density at radius 1 is 0.944 bits per heavy atom. The molecule has 0 aliphatic carbocycles. The van der Waals surface area contributed by atoms with Crippen molar-refractivity contribution >= 4 is 10.9 Å². The average Bonchev–Trinajstić information content (AvgIpc) is 2.46. The van der Waals surface area contributed by atoms with Crippen molar-refractivity contribution in [2.75, 3.05) is 7.11 Å². The second-order valence-electron chi connectivity index (χ2n) is 4.12. The molecule has 0 aliphatic rings. The van der Waals surface area contributed by atoms with Crippen LogP contribution < -0.4 is 4.74 Å². The van der Waals surface area contributed by atoms with Crippen LogP contribution in [-0.4, -0.2) is 12.1 Å². The molecule has 1 aromatic heterocycles. The minimum atomic E-state index is 0.870. The number of aromatic nitrogens is 1. The predicted molar refractivity (Wildman–Crippen MR) is 73.7 cm³/mol. The summed E-state index contributed by atoms with van der Waals surface area (Å²) in [6.45, 7) is 0. The standard InChI is InChI=1S/C16H13NO/c1-18-16-9-5-3-7-14(16)13-10-12-6-2-4-8-15(12)17-11-13/h2-11H,1H3. The predicted octanol–water partition coefficient (Wildman–Crippen LogP) is 3.91. The SMILES string of the molecule is COc1ccccc1-c1cnc2ccccc2c1. The monoisotopic (exact) mass is 235 g/mol. The molecule has 0 atom stereocenters. The van der Waals surface area contributed by atoms with Crippen molar-refractivity contribution in [1.29, 1.82) is 0 Å². The van der Waals surface area contributed by atoms with Crippen LogP contribution in [0.5, 0.6) is 5.75 Å². The van der Waals surface area contributed by atoms with E-state index in [4.69, 9.17) is 4.74 Å². The molecule has 0 aliphatic heterocycles. The summed E-state index contributed by atoms with van der Waals surface area (Å²) in [7, 11) is 1.69. The van der Waals surface area contributed by atoms with Gasteiger partial charge in [0.15, 0.2) is 0 Å². The molecular formula is C16H13NO. The molecule has 0 radical (unpaired) electrons. The Kier molecular flexibility index (Phi) is 2.69. The van der Waals surface area contributed by atoms with Crippen LogP contribution >= 0.6 is 0 Å². The number of para-hydroxylation sites is 2. The summed E-state index contributed by atoms with van der Waals surface area (Å²) in [4.78, 5) is 4.48. The van der Waals surface area contributed by atoms with E-state index >= 15 is 0 Å². The molecule has 2 nitrogen and oxygen atoms in total. The minimum Gasteiger partial charge on any atom is -0.496 e. The topological polar surface area (TPSA) is 22.1 Å². The number of nitrogens with zero attached hydrogens (tertiary/aromatic N) is 1. The number of hydrogen-bond acceptors (Lipinski definition) is 2. The molecule has 18 heavy (non-hydrogen) atoms. The lowest BCUT2D eigenvalue weighted by Crippen LogP contribution is -1.88. The first kappa shape index (κ1) is 10.8. The van der Waals surface area contributed by atoms with Crippen molar-refractivity contribution in [2.24, 2.45) is 0 Å². The highest BCUT2D eigenvalue weighted by atomic mass is 16.5. The fraction of sp³-hybridized carbons (Fsp3) is 0.0625. The van der Waals surface area contributed by atoms with Crippen molar-refractivity contribution in [3.8, 4) is 16.9 Å². The van der Waals surface area contributed by atoms with Gasteiger partial charge in [-0.3, -0.25) is 4.98 Å². The van der Waals surface area contributed by atoms with Gasteiger partial charge in [0.25, 0.3) is 0 Å². The molecule has 0 saturated heterocycles. The molecule has 1 heterocycles. The van der Waals surface area contributed by atoms with Crippen LogP contribution in [0.1, 0.15) is 0 Å². The average molecular weight is 235 g/mol. The summed E-state index contributed by atoms with van der Waals surface area (Å²) in [5, 5.41) is 1.14. The number of ether oxygens (including phenoxy) is 1. The van der Waals surface area contributed by atoms with Gasteiger partial charge in [-0.05, 0) is 18.2 Å². The van der Waals surface area contributed by atoms with E-state index in [1.807, 2.05) is 48.7 Å². The molecular weight excluding hydrogens is 222 g/mol. The fourth-order valence-corrected chi connectivity index (χ4v) is 2.10. The molecule has 0 spiro atoms. The van der Waals surface area contributed by atoms with E-state index < -0.39 is 0 Å². The third kappa shape index (κ3) is 1.82. The zero-order valence-corrected chi connectivity index (χ0v) is 10.1. The maximum Gasteiger partial charge on any atom is 0.126 e. The van der Waals surface area contributed by atoms with Gasteiger partial charge in [-0.2, -0.15) is 0 Å². The summed E-state index contributed by atoms with van der Waals surface area (Å²) < 4.78 is 5.38. The number of fused-ring (bicyclic) bond motifs is 1. The lowest BCUT2D eigenvalue weighted by atomic mass is 10.0. The van der Waals surface area contributed by atoms with Crippen molar-refractivity contribution < 1.29 is 4.74 Å². The van der Waals surface area contributed by atoms with Gasteiger partial charge >= 0.3 is 0 Å². The van der Waals surface area contributed by atoms with Crippen LogP contribution in [-0.2, 0) is 0 Å². The van der Waals surface area contributed by atoms with Crippen LogP contribution in [0, 0.1) is 0 Å². The first-order valence-corrected chi connectivity index (χ1v) is 5.86. The second-order valence-corrected chi connectivity index (χ2v) is 4.12. The zero-order chi connectivity index (χ0) is 12.4. The second kappa shape index (κ2) is 4.49. The highest BCUT2D eigenvalue weighted by molar-refractivity contribution is 5.84. The van der Waals surface area contributed by atoms with E-state index in [0.29, 0.717) is 0 Å². The Morgan fingerprint density at radius 3 is 2.61 bits per heavy atom. The van der Waals surface area contributed by atoms with Crippen LogP contribution in [0.3, 0.4) is 0 Å². The summed E-state index contributed by atoms with van der Waals surface area (Å²) >= 11 is 0. The van der Waals surface area contributed by atoms with Gasteiger partial charge in [0.2, 0.25) is 0 Å². The number of rotatable bonds is 2. The van der Waals surface area contributed by atoms with E-state index in [1.165, 1.54) is 0 Å². The summed E-state index contributed by atoms with van der Waals surface area (Å²) in [6.07, 6.45) is 1.89. The molecule has 3 rings (SSSR count). The van der Waals surface area contributed by atoms with Crippen molar-refractivity contribution in [3.63, 3.8) is 0 Å². The number of pyridine rings is 1. The Labute approximate surface area is 106 Å². The van der Waals surface area contributed by atoms with Crippen molar-refractivity contribution in [1.82, 2.24) is 4.98 Å². The lowest BCUT2D eigenvalue weighted by molar-refractivity contribution is 0.416. The Bertz CT molecular complexity index is 691. The Balaban J connectivity index is 2.19. The van der Waals surface area contributed by atoms with Gasteiger partial charge in [-0.25, -0.2) is 0 Å². The van der Waals surface area contributed by atoms with E-state index in [1.54, 1.807) is 7.11 Å². The van der Waals surface area contributed by atoms with Crippen molar-refractivity contribution in [3.05, 3.63) is 60.8 Å². The third-order valence-electron chi connectivity index (χ3n) is 3.01. The molecule has 0 N–H and O–H groups in total. The van der Waals surface area contributed by atoms with E-state index in [-0.39, 0.29) is 0 Å². The lowest BCUT2D eigenvalue weighted by Gasteiger charge is -2.08. The Morgan fingerprint density at radius 2 is 1.72 bits per heavy atom. The highest BCUT2D eigenvalue weighted by Gasteiger charge is 2.05. The van der Waals surface area contributed by atoms with Gasteiger partial charge in [-0.1, -0.05) is 36.4 Å². The minimum absolute atomic E-state index is 0.870. The van der Waals surface area contributed by atoms with Crippen LogP contribution in [0.25, 0.3) is 22.0 Å². The molecule has 0 fully saturated rings. The molecule has 0 amide bonds. The van der Waals surface area contributed by atoms with E-state index in [0.717, 1.165) is 27.8 Å². The smallest absolute Gasteiger partial charge is 0.126 e.